The predicted molar refractivity (Wildman–Crippen MR) is 122 cm³/mol. The molecule has 2 fully saturated rings. The summed E-state index contributed by atoms with van der Waals surface area (Å²) in [7, 11) is -3.53. The van der Waals surface area contributed by atoms with Crippen molar-refractivity contribution < 1.29 is 13.2 Å². The number of amides is 1. The van der Waals surface area contributed by atoms with Crippen LogP contribution < -0.4 is 5.32 Å². The van der Waals surface area contributed by atoms with E-state index in [9.17, 15) is 13.2 Å². The first-order valence-corrected chi connectivity index (χ1v) is 12.6. The van der Waals surface area contributed by atoms with Crippen LogP contribution in [-0.2, 0) is 16.6 Å². The van der Waals surface area contributed by atoms with Gasteiger partial charge in [0.1, 0.15) is 0 Å². The van der Waals surface area contributed by atoms with Gasteiger partial charge in [-0.05, 0) is 61.6 Å². The first-order chi connectivity index (χ1) is 14.9. The lowest BCUT2D eigenvalue weighted by Gasteiger charge is -2.32. The number of nitrogens with one attached hydrogen (secondary N) is 1. The number of rotatable bonds is 6. The largest absolute Gasteiger partial charge is 0.349 e. The topological polar surface area (TPSA) is 69.7 Å². The third-order valence-electron chi connectivity index (χ3n) is 6.04. The van der Waals surface area contributed by atoms with Gasteiger partial charge in [-0.1, -0.05) is 29.8 Å². The lowest BCUT2D eigenvalue weighted by atomic mass is 10.0. The molecule has 2 heterocycles. The summed E-state index contributed by atoms with van der Waals surface area (Å²) in [5, 5.41) is 3.82. The number of carbonyl (C=O) groups is 1. The minimum absolute atomic E-state index is 0.0906. The number of hydrogen-bond acceptors (Lipinski definition) is 4. The Labute approximate surface area is 189 Å². The summed E-state index contributed by atoms with van der Waals surface area (Å²) in [5.74, 6) is -0.213. The minimum Gasteiger partial charge on any atom is -0.349 e. The van der Waals surface area contributed by atoms with Crippen molar-refractivity contribution in [1.82, 2.24) is 14.5 Å². The van der Waals surface area contributed by atoms with Crippen LogP contribution >= 0.6 is 11.6 Å². The smallest absolute Gasteiger partial charge is 0.251 e. The van der Waals surface area contributed by atoms with Gasteiger partial charge in [0.2, 0.25) is 10.0 Å². The number of carbonyl (C=O) groups excluding carboxylic acids is 1. The molecule has 2 saturated heterocycles. The van der Waals surface area contributed by atoms with Gasteiger partial charge in [-0.15, -0.1) is 0 Å². The summed E-state index contributed by atoms with van der Waals surface area (Å²) in [6.07, 6.45) is 3.50. The quantitative estimate of drug-likeness (QED) is 0.714. The lowest BCUT2D eigenvalue weighted by Crippen LogP contribution is -2.44. The monoisotopic (exact) mass is 461 g/mol. The molecule has 0 spiro atoms. The molecule has 0 aliphatic carbocycles. The maximum Gasteiger partial charge on any atom is 0.251 e. The zero-order valence-corrected chi connectivity index (χ0v) is 19.0. The number of halogens is 1. The molecule has 0 saturated carbocycles. The normalized spacial score (nSPS) is 18.9. The van der Waals surface area contributed by atoms with Crippen molar-refractivity contribution in [3.05, 3.63) is 64.7 Å². The Morgan fingerprint density at radius 2 is 1.68 bits per heavy atom. The summed E-state index contributed by atoms with van der Waals surface area (Å²) >= 11 is 5.95. The Bertz CT molecular complexity index is 1010. The molecule has 0 bridgehead atoms. The van der Waals surface area contributed by atoms with Crippen molar-refractivity contribution in [1.29, 1.82) is 0 Å². The van der Waals surface area contributed by atoms with E-state index < -0.39 is 10.0 Å². The highest BCUT2D eigenvalue weighted by atomic mass is 35.5. The highest BCUT2D eigenvalue weighted by Gasteiger charge is 2.28. The minimum atomic E-state index is -3.53. The fraction of sp³-hybridized carbons (Fsp3) is 0.435. The van der Waals surface area contributed by atoms with Crippen molar-refractivity contribution >= 4 is 27.5 Å². The maximum atomic E-state index is 12.8. The molecule has 2 aliphatic rings. The maximum absolute atomic E-state index is 12.8. The Kier molecular flexibility index (Phi) is 6.96. The van der Waals surface area contributed by atoms with Crippen molar-refractivity contribution in [2.24, 2.45) is 0 Å². The van der Waals surface area contributed by atoms with Crippen LogP contribution in [0.4, 0.5) is 0 Å². The summed E-state index contributed by atoms with van der Waals surface area (Å²) in [5.41, 5.74) is 1.62. The number of piperidine rings is 1. The molecule has 31 heavy (non-hydrogen) atoms. The Morgan fingerprint density at radius 3 is 2.35 bits per heavy atom. The van der Waals surface area contributed by atoms with Crippen LogP contribution in [0.1, 0.15) is 41.6 Å². The average molecular weight is 462 g/mol. The first-order valence-electron chi connectivity index (χ1n) is 10.8. The standard InChI is InChI=1S/C23H28ClN3O3S/c24-20-8-6-18(7-9-20)17-26-14-10-21(11-15-26)25-23(28)19-4-3-5-22(16-19)31(29,30)27-12-1-2-13-27/h3-9,16,21H,1-2,10-15,17H2,(H,25,28). The van der Waals surface area contributed by atoms with E-state index in [0.717, 1.165) is 50.3 Å². The molecule has 8 heteroatoms. The van der Waals surface area contributed by atoms with Crippen molar-refractivity contribution in [2.75, 3.05) is 26.2 Å². The summed E-state index contributed by atoms with van der Waals surface area (Å²) in [4.78, 5) is 15.3. The second-order valence-corrected chi connectivity index (χ2v) is 10.7. The van der Waals surface area contributed by atoms with E-state index in [0.29, 0.717) is 18.7 Å². The van der Waals surface area contributed by atoms with Gasteiger partial charge in [0.05, 0.1) is 4.90 Å². The number of hydrogen-bond donors (Lipinski definition) is 1. The molecule has 0 atom stereocenters. The number of sulfonamides is 1. The van der Waals surface area contributed by atoms with Crippen LogP contribution in [0.5, 0.6) is 0 Å². The van der Waals surface area contributed by atoms with Gasteiger partial charge in [-0.2, -0.15) is 4.31 Å². The van der Waals surface area contributed by atoms with Crippen LogP contribution in [0.15, 0.2) is 53.4 Å². The van der Waals surface area contributed by atoms with E-state index in [2.05, 4.69) is 10.2 Å². The van der Waals surface area contributed by atoms with Gasteiger partial charge in [0.25, 0.3) is 5.91 Å². The van der Waals surface area contributed by atoms with Crippen LogP contribution in [0.2, 0.25) is 5.02 Å². The van der Waals surface area contributed by atoms with E-state index in [1.54, 1.807) is 18.2 Å². The fourth-order valence-electron chi connectivity index (χ4n) is 4.23. The summed E-state index contributed by atoms with van der Waals surface area (Å²) in [6, 6.07) is 14.4. The lowest BCUT2D eigenvalue weighted by molar-refractivity contribution is 0.0908. The fourth-order valence-corrected chi connectivity index (χ4v) is 5.92. The molecule has 2 aromatic rings. The molecule has 2 aromatic carbocycles. The molecule has 0 radical (unpaired) electrons. The SMILES string of the molecule is O=C(NC1CCN(Cc2ccc(Cl)cc2)CC1)c1cccc(S(=O)(=O)N2CCCC2)c1. The zero-order valence-electron chi connectivity index (χ0n) is 17.5. The van der Waals surface area contributed by atoms with Gasteiger partial charge in [-0.25, -0.2) is 8.42 Å². The van der Waals surface area contributed by atoms with E-state index in [1.165, 1.54) is 15.9 Å². The molecule has 4 rings (SSSR count). The van der Waals surface area contributed by atoms with Crippen LogP contribution in [0.3, 0.4) is 0 Å². The van der Waals surface area contributed by atoms with Gasteiger partial charge in [0.15, 0.2) is 0 Å². The van der Waals surface area contributed by atoms with Crippen molar-refractivity contribution in [3.8, 4) is 0 Å². The number of benzene rings is 2. The highest BCUT2D eigenvalue weighted by molar-refractivity contribution is 7.89. The summed E-state index contributed by atoms with van der Waals surface area (Å²) < 4.78 is 27.1. The van der Waals surface area contributed by atoms with Gasteiger partial charge in [-0.3, -0.25) is 9.69 Å². The number of nitrogens with zero attached hydrogens (tertiary/aromatic N) is 2. The van der Waals surface area contributed by atoms with Crippen LogP contribution in [-0.4, -0.2) is 55.8 Å². The second-order valence-electron chi connectivity index (χ2n) is 8.29. The van der Waals surface area contributed by atoms with E-state index in [4.69, 9.17) is 11.6 Å². The zero-order chi connectivity index (χ0) is 21.8. The molecule has 0 aromatic heterocycles. The molecular formula is C23H28ClN3O3S. The molecule has 6 nitrogen and oxygen atoms in total. The molecule has 2 aliphatic heterocycles. The van der Waals surface area contributed by atoms with Gasteiger partial charge >= 0.3 is 0 Å². The molecular weight excluding hydrogens is 434 g/mol. The van der Waals surface area contributed by atoms with Gasteiger partial charge in [0, 0.05) is 49.4 Å². The van der Waals surface area contributed by atoms with Crippen molar-refractivity contribution in [3.63, 3.8) is 0 Å². The average Bonchev–Trinajstić information content (AvgIpc) is 3.33. The highest BCUT2D eigenvalue weighted by Crippen LogP contribution is 2.22. The number of likely N-dealkylation sites (tertiary alicyclic amines) is 1. The Balaban J connectivity index is 1.32. The second kappa shape index (κ2) is 9.69. The Morgan fingerprint density at radius 1 is 1.00 bits per heavy atom. The molecule has 1 N–H and O–H groups in total. The predicted octanol–water partition coefficient (Wildman–Crippen LogP) is 3.52. The first kappa shape index (κ1) is 22.3. The van der Waals surface area contributed by atoms with Crippen LogP contribution in [0.25, 0.3) is 0 Å². The third kappa shape index (κ3) is 5.47. The Hall–Kier alpha value is -1.93. The van der Waals surface area contributed by atoms with E-state index in [-0.39, 0.29) is 16.8 Å². The van der Waals surface area contributed by atoms with Gasteiger partial charge < -0.3 is 5.32 Å². The third-order valence-corrected chi connectivity index (χ3v) is 8.19. The van der Waals surface area contributed by atoms with E-state index >= 15 is 0 Å². The molecule has 0 unspecified atom stereocenters. The van der Waals surface area contributed by atoms with Crippen molar-refractivity contribution in [2.45, 2.75) is 43.2 Å². The van der Waals surface area contributed by atoms with Crippen LogP contribution in [0, 0.1) is 0 Å². The summed E-state index contributed by atoms with van der Waals surface area (Å²) in [6.45, 7) is 3.77. The molecule has 166 valence electrons. The van der Waals surface area contributed by atoms with E-state index in [1.807, 2.05) is 24.3 Å². The molecule has 1 amide bonds.